The molecule has 2 aliphatic rings. The summed E-state index contributed by atoms with van der Waals surface area (Å²) < 4.78 is 0. The van der Waals surface area contributed by atoms with Crippen molar-refractivity contribution in [3.63, 3.8) is 0 Å². The molecular weight excluding hydrogens is 362 g/mol. The minimum absolute atomic E-state index is 0.251. The van der Waals surface area contributed by atoms with Gasteiger partial charge in [-0.1, -0.05) is 41.9 Å². The van der Waals surface area contributed by atoms with Crippen LogP contribution in [0.3, 0.4) is 0 Å². The third-order valence-electron chi connectivity index (χ3n) is 4.99. The molecule has 27 heavy (non-hydrogen) atoms. The fraction of sp³-hybridized carbons (Fsp3) is 0.0476. The number of carbonyl (C=O) groups is 2. The summed E-state index contributed by atoms with van der Waals surface area (Å²) >= 11 is 6.03. The Labute approximate surface area is 160 Å². The molecule has 0 saturated carbocycles. The van der Waals surface area contributed by atoms with Gasteiger partial charge in [-0.25, -0.2) is 0 Å². The molecule has 0 bridgehead atoms. The maximum atomic E-state index is 13.5. The number of hydrogen-bond donors (Lipinski definition) is 2. The zero-order valence-electron chi connectivity index (χ0n) is 14.1. The van der Waals surface area contributed by atoms with Gasteiger partial charge in [0.2, 0.25) is 5.66 Å². The predicted molar refractivity (Wildman–Crippen MR) is 105 cm³/mol. The number of fused-ring (bicyclic) bond motifs is 3. The molecule has 1 unspecified atom stereocenters. The number of nitrogens with one attached hydrogen (secondary N) is 2. The number of amides is 2. The second-order valence-corrected chi connectivity index (χ2v) is 6.93. The first-order valence-corrected chi connectivity index (χ1v) is 8.87. The van der Waals surface area contributed by atoms with Crippen molar-refractivity contribution in [1.82, 2.24) is 0 Å². The lowest BCUT2D eigenvalue weighted by Crippen LogP contribution is -2.61. The van der Waals surface area contributed by atoms with E-state index < -0.39 is 5.66 Å². The minimum Gasteiger partial charge on any atom is -0.350 e. The van der Waals surface area contributed by atoms with Gasteiger partial charge in [0, 0.05) is 27.6 Å². The molecule has 0 aliphatic carbocycles. The molecule has 0 fully saturated rings. The first-order chi connectivity index (χ1) is 13.1. The van der Waals surface area contributed by atoms with Gasteiger partial charge in [-0.05, 0) is 42.5 Å². The highest BCUT2D eigenvalue weighted by Gasteiger charge is 2.56. The van der Waals surface area contributed by atoms with Gasteiger partial charge in [-0.3, -0.25) is 14.5 Å². The Morgan fingerprint density at radius 1 is 0.815 bits per heavy atom. The van der Waals surface area contributed by atoms with Crippen molar-refractivity contribution in [2.75, 3.05) is 15.5 Å². The van der Waals surface area contributed by atoms with Crippen molar-refractivity contribution < 1.29 is 9.59 Å². The van der Waals surface area contributed by atoms with E-state index in [1.165, 1.54) is 4.90 Å². The van der Waals surface area contributed by atoms with E-state index in [-0.39, 0.29) is 11.8 Å². The summed E-state index contributed by atoms with van der Waals surface area (Å²) in [6.45, 7) is 0. The Bertz CT molecular complexity index is 1100. The van der Waals surface area contributed by atoms with Gasteiger partial charge in [-0.2, -0.15) is 0 Å². The number of rotatable bonds is 1. The maximum absolute atomic E-state index is 13.5. The molecule has 1 atom stereocenters. The molecule has 0 aromatic heterocycles. The number of anilines is 3. The number of carbonyl (C=O) groups excluding carboxylic acids is 2. The van der Waals surface area contributed by atoms with Crippen LogP contribution >= 0.6 is 11.6 Å². The molecule has 132 valence electrons. The monoisotopic (exact) mass is 375 g/mol. The lowest BCUT2D eigenvalue weighted by Gasteiger charge is -2.44. The molecule has 2 N–H and O–H groups in total. The SMILES string of the molecule is O=C1c2ccccc2NC2(C(=O)Nc3ccccc32)N1c1ccc(Cl)cc1. The standard InChI is InChI=1S/C21H14ClN3O2/c22-13-9-11-14(12-10-13)25-19(26)15-5-1-3-7-17(15)24-21(25)16-6-2-4-8-18(16)23-20(21)27/h1-12,24H,(H,23,27). The molecule has 3 aromatic carbocycles. The normalized spacial score (nSPS) is 20.1. The summed E-state index contributed by atoms with van der Waals surface area (Å²) in [6, 6.07) is 21.5. The molecule has 6 heteroatoms. The van der Waals surface area contributed by atoms with Crippen molar-refractivity contribution in [2.45, 2.75) is 5.66 Å². The highest BCUT2D eigenvalue weighted by Crippen LogP contribution is 2.47. The fourth-order valence-electron chi connectivity index (χ4n) is 3.79. The lowest BCUT2D eigenvalue weighted by molar-refractivity contribution is -0.119. The van der Waals surface area contributed by atoms with Crippen LogP contribution in [0, 0.1) is 0 Å². The molecule has 3 aromatic rings. The van der Waals surface area contributed by atoms with Gasteiger partial charge in [0.25, 0.3) is 11.8 Å². The molecule has 1 spiro atoms. The number of hydrogen-bond acceptors (Lipinski definition) is 3. The van der Waals surface area contributed by atoms with Gasteiger partial charge in [0.15, 0.2) is 0 Å². The Kier molecular flexibility index (Phi) is 3.29. The van der Waals surface area contributed by atoms with Crippen molar-refractivity contribution in [3.8, 4) is 0 Å². The number of benzene rings is 3. The summed E-state index contributed by atoms with van der Waals surface area (Å²) in [7, 11) is 0. The number of para-hydroxylation sites is 2. The minimum atomic E-state index is -1.37. The largest absolute Gasteiger partial charge is 0.350 e. The Hall–Kier alpha value is -3.31. The Morgan fingerprint density at radius 2 is 1.48 bits per heavy atom. The van der Waals surface area contributed by atoms with Crippen LogP contribution in [-0.4, -0.2) is 11.8 Å². The van der Waals surface area contributed by atoms with Crippen LogP contribution in [0.5, 0.6) is 0 Å². The molecule has 2 amide bonds. The number of halogens is 1. The van der Waals surface area contributed by atoms with Crippen molar-refractivity contribution in [3.05, 3.63) is 88.9 Å². The lowest BCUT2D eigenvalue weighted by atomic mass is 9.92. The summed E-state index contributed by atoms with van der Waals surface area (Å²) in [5, 5.41) is 6.79. The maximum Gasteiger partial charge on any atom is 0.276 e. The summed E-state index contributed by atoms with van der Waals surface area (Å²) in [6.07, 6.45) is 0. The summed E-state index contributed by atoms with van der Waals surface area (Å²) in [4.78, 5) is 28.2. The molecule has 0 saturated heterocycles. The van der Waals surface area contributed by atoms with Gasteiger partial charge in [0.1, 0.15) is 0 Å². The van der Waals surface area contributed by atoms with Gasteiger partial charge in [0.05, 0.1) is 5.56 Å². The molecule has 5 nitrogen and oxygen atoms in total. The third kappa shape index (κ3) is 2.12. The van der Waals surface area contributed by atoms with Gasteiger partial charge in [-0.15, -0.1) is 0 Å². The quantitative estimate of drug-likeness (QED) is 0.669. The van der Waals surface area contributed by atoms with Crippen LogP contribution in [0.4, 0.5) is 17.1 Å². The Balaban J connectivity index is 1.81. The van der Waals surface area contributed by atoms with Crippen molar-refractivity contribution in [1.29, 1.82) is 0 Å². The summed E-state index contributed by atoms with van der Waals surface area (Å²) in [5.74, 6) is -0.556. The van der Waals surface area contributed by atoms with Crippen molar-refractivity contribution >= 4 is 40.5 Å². The average molecular weight is 376 g/mol. The van der Waals surface area contributed by atoms with E-state index in [2.05, 4.69) is 10.6 Å². The van der Waals surface area contributed by atoms with E-state index >= 15 is 0 Å². The van der Waals surface area contributed by atoms with Gasteiger partial charge >= 0.3 is 0 Å². The van der Waals surface area contributed by atoms with Gasteiger partial charge < -0.3 is 10.6 Å². The highest BCUT2D eigenvalue weighted by atomic mass is 35.5. The number of nitrogens with zero attached hydrogens (tertiary/aromatic N) is 1. The van der Waals surface area contributed by atoms with Crippen LogP contribution in [0.2, 0.25) is 5.02 Å². The van der Waals surface area contributed by atoms with Crippen LogP contribution in [0.15, 0.2) is 72.8 Å². The predicted octanol–water partition coefficient (Wildman–Crippen LogP) is 4.22. The second-order valence-electron chi connectivity index (χ2n) is 6.50. The van der Waals surface area contributed by atoms with E-state index in [9.17, 15) is 9.59 Å². The van der Waals surface area contributed by atoms with Crippen molar-refractivity contribution in [2.24, 2.45) is 0 Å². The first-order valence-electron chi connectivity index (χ1n) is 8.49. The van der Waals surface area contributed by atoms with E-state index in [1.54, 1.807) is 36.4 Å². The molecule has 0 radical (unpaired) electrons. The highest BCUT2D eigenvalue weighted by molar-refractivity contribution is 6.30. The van der Waals surface area contributed by atoms with Crippen LogP contribution in [0.25, 0.3) is 0 Å². The third-order valence-corrected chi connectivity index (χ3v) is 5.24. The average Bonchev–Trinajstić information content (AvgIpc) is 2.95. The summed E-state index contributed by atoms with van der Waals surface area (Å²) in [5.41, 5.74) is 1.73. The smallest absolute Gasteiger partial charge is 0.276 e. The van der Waals surface area contributed by atoms with Crippen LogP contribution < -0.4 is 15.5 Å². The topological polar surface area (TPSA) is 61.4 Å². The fourth-order valence-corrected chi connectivity index (χ4v) is 3.92. The molecule has 5 rings (SSSR count). The first kappa shape index (κ1) is 15.9. The van der Waals surface area contributed by atoms with E-state index in [0.29, 0.717) is 33.2 Å². The Morgan fingerprint density at radius 3 is 2.26 bits per heavy atom. The van der Waals surface area contributed by atoms with E-state index in [1.807, 2.05) is 36.4 Å². The zero-order valence-corrected chi connectivity index (χ0v) is 14.8. The van der Waals surface area contributed by atoms with E-state index in [0.717, 1.165) is 0 Å². The van der Waals surface area contributed by atoms with Crippen LogP contribution in [0.1, 0.15) is 15.9 Å². The molecule has 2 heterocycles. The second kappa shape index (κ2) is 5.59. The van der Waals surface area contributed by atoms with Crippen LogP contribution in [-0.2, 0) is 10.5 Å². The molecular formula is C21H14ClN3O2. The molecule has 2 aliphatic heterocycles. The zero-order chi connectivity index (χ0) is 18.6. The van der Waals surface area contributed by atoms with E-state index in [4.69, 9.17) is 11.6 Å².